The van der Waals surface area contributed by atoms with Crippen LogP contribution >= 0.6 is 35.1 Å². The first-order chi connectivity index (χ1) is 13.7. The second-order valence-corrected chi connectivity index (χ2v) is 7.72. The van der Waals surface area contributed by atoms with Gasteiger partial charge in [0.2, 0.25) is 0 Å². The molecule has 137 valence electrons. The van der Waals surface area contributed by atoms with Crippen molar-refractivity contribution in [2.45, 2.75) is 4.90 Å². The highest BCUT2D eigenvalue weighted by molar-refractivity contribution is 7.97. The molecule has 2 nitrogen and oxygen atoms in total. The summed E-state index contributed by atoms with van der Waals surface area (Å²) in [6, 6.07) is 25.7. The van der Waals surface area contributed by atoms with Gasteiger partial charge in [0.25, 0.3) is 0 Å². The van der Waals surface area contributed by atoms with Gasteiger partial charge in [-0.2, -0.15) is 0 Å². The fourth-order valence-electron chi connectivity index (χ4n) is 2.85. The van der Waals surface area contributed by atoms with Crippen molar-refractivity contribution in [3.8, 4) is 22.3 Å². The number of aromatic nitrogens is 1. The summed E-state index contributed by atoms with van der Waals surface area (Å²) in [4.78, 5) is 5.32. The van der Waals surface area contributed by atoms with Crippen molar-refractivity contribution in [2.24, 2.45) is 0 Å². The Kier molecular flexibility index (Phi) is 5.87. The van der Waals surface area contributed by atoms with Gasteiger partial charge in [0, 0.05) is 45.4 Å². The molecule has 1 radical (unpaired) electrons. The van der Waals surface area contributed by atoms with Gasteiger partial charge in [0.1, 0.15) is 0 Å². The van der Waals surface area contributed by atoms with E-state index in [4.69, 9.17) is 27.9 Å². The third-order valence-corrected chi connectivity index (χ3v) is 5.70. The number of halogens is 2. The number of rotatable bonds is 5. The van der Waals surface area contributed by atoms with Crippen LogP contribution in [0.2, 0.25) is 10.0 Å². The molecule has 28 heavy (non-hydrogen) atoms. The molecule has 0 unspecified atom stereocenters. The first-order valence-electron chi connectivity index (χ1n) is 8.64. The molecule has 0 saturated heterocycles. The maximum Gasteiger partial charge on any atom is 0.0904 e. The topological polar surface area (TPSA) is 27.0 Å². The average molecular weight is 422 g/mol. The molecule has 3 aromatic carbocycles. The lowest BCUT2D eigenvalue weighted by Crippen LogP contribution is -1.95. The van der Waals surface area contributed by atoms with E-state index in [0.717, 1.165) is 32.8 Å². The van der Waals surface area contributed by atoms with Gasteiger partial charge < -0.3 is 0 Å². The van der Waals surface area contributed by atoms with E-state index in [9.17, 15) is 0 Å². The smallest absolute Gasteiger partial charge is 0.0904 e. The summed E-state index contributed by atoms with van der Waals surface area (Å²) < 4.78 is 4.87. The lowest BCUT2D eigenvalue weighted by atomic mass is 9.99. The summed E-state index contributed by atoms with van der Waals surface area (Å²) in [7, 11) is 0. The summed E-state index contributed by atoms with van der Waals surface area (Å²) in [5, 5.41) is 1.19. The summed E-state index contributed by atoms with van der Waals surface area (Å²) in [6.07, 6.45) is 3.70. The van der Waals surface area contributed by atoms with Crippen molar-refractivity contribution in [3.63, 3.8) is 0 Å². The predicted molar refractivity (Wildman–Crippen MR) is 119 cm³/mol. The zero-order valence-corrected chi connectivity index (χ0v) is 17.0. The normalized spacial score (nSPS) is 10.6. The van der Waals surface area contributed by atoms with Crippen molar-refractivity contribution in [1.29, 1.82) is 0 Å². The molecular weight excluding hydrogens is 407 g/mol. The minimum Gasteiger partial charge on any atom is -0.263 e. The molecule has 5 heteroatoms. The van der Waals surface area contributed by atoms with Gasteiger partial charge in [-0.15, -0.1) is 0 Å². The van der Waals surface area contributed by atoms with E-state index in [1.807, 2.05) is 60.9 Å². The van der Waals surface area contributed by atoms with E-state index in [1.165, 1.54) is 11.9 Å². The van der Waals surface area contributed by atoms with E-state index in [-0.39, 0.29) is 0 Å². The Bertz CT molecular complexity index is 1030. The van der Waals surface area contributed by atoms with Gasteiger partial charge in [-0.1, -0.05) is 83.9 Å². The second kappa shape index (κ2) is 8.70. The molecule has 0 spiro atoms. The largest absolute Gasteiger partial charge is 0.263 e. The Balaban J connectivity index is 1.78. The van der Waals surface area contributed by atoms with Crippen molar-refractivity contribution in [3.05, 3.63) is 101 Å². The monoisotopic (exact) mass is 421 g/mol. The summed E-state index contributed by atoms with van der Waals surface area (Å²) >= 11 is 13.7. The molecule has 1 aromatic heterocycles. The van der Waals surface area contributed by atoms with Gasteiger partial charge in [0.05, 0.1) is 10.7 Å². The van der Waals surface area contributed by atoms with Crippen LogP contribution in [0.4, 0.5) is 5.69 Å². The number of benzene rings is 3. The summed E-state index contributed by atoms with van der Waals surface area (Å²) in [6.45, 7) is 0. The maximum atomic E-state index is 6.33. The zero-order valence-electron chi connectivity index (χ0n) is 14.7. The van der Waals surface area contributed by atoms with Crippen molar-refractivity contribution >= 4 is 40.8 Å². The van der Waals surface area contributed by atoms with Crippen molar-refractivity contribution in [1.82, 2.24) is 9.71 Å². The zero-order chi connectivity index (χ0) is 19.3. The Morgan fingerprint density at radius 2 is 1.29 bits per heavy atom. The summed E-state index contributed by atoms with van der Waals surface area (Å²) in [5.41, 5.74) is 4.94. The van der Waals surface area contributed by atoms with E-state index in [0.29, 0.717) is 10.0 Å². The standard InChI is InChI=1S/C23H15Cl2N2S/c24-18-11-12-22(21(25)13-18)28-27-23-19(16-7-3-1-4-8-16)14-26-15-20(23)17-9-5-2-6-10-17/h1-15H. The lowest BCUT2D eigenvalue weighted by molar-refractivity contribution is 1.27. The van der Waals surface area contributed by atoms with Gasteiger partial charge in [-0.05, 0) is 29.3 Å². The Morgan fingerprint density at radius 1 is 0.714 bits per heavy atom. The van der Waals surface area contributed by atoms with Crippen LogP contribution in [0.5, 0.6) is 0 Å². The maximum absolute atomic E-state index is 6.33. The molecule has 0 bridgehead atoms. The third-order valence-electron chi connectivity index (χ3n) is 4.22. The Labute approximate surface area is 178 Å². The fourth-order valence-corrected chi connectivity index (χ4v) is 4.03. The number of hydrogen-bond donors (Lipinski definition) is 0. The Morgan fingerprint density at radius 3 is 1.82 bits per heavy atom. The number of nitrogens with zero attached hydrogens (tertiary/aromatic N) is 2. The van der Waals surface area contributed by atoms with Crippen LogP contribution in [0, 0.1) is 0 Å². The molecule has 0 fully saturated rings. The molecule has 0 saturated carbocycles. The fraction of sp³-hybridized carbons (Fsp3) is 0. The molecule has 0 N–H and O–H groups in total. The van der Waals surface area contributed by atoms with Crippen LogP contribution < -0.4 is 4.72 Å². The highest BCUT2D eigenvalue weighted by atomic mass is 35.5. The first kappa shape index (κ1) is 18.9. The average Bonchev–Trinajstić information content (AvgIpc) is 2.74. The van der Waals surface area contributed by atoms with Gasteiger partial charge >= 0.3 is 0 Å². The minimum absolute atomic E-state index is 0.581. The van der Waals surface area contributed by atoms with Crippen LogP contribution in [0.25, 0.3) is 22.3 Å². The Hall–Kier alpha value is -2.46. The first-order valence-corrected chi connectivity index (χ1v) is 10.2. The van der Waals surface area contributed by atoms with Crippen molar-refractivity contribution < 1.29 is 0 Å². The van der Waals surface area contributed by atoms with Crippen LogP contribution in [0.1, 0.15) is 0 Å². The molecule has 1 heterocycles. The molecule has 4 rings (SSSR count). The predicted octanol–water partition coefficient (Wildman–Crippen LogP) is 7.67. The number of pyridine rings is 1. The van der Waals surface area contributed by atoms with Crippen LogP contribution in [-0.4, -0.2) is 4.98 Å². The van der Waals surface area contributed by atoms with Crippen LogP contribution in [0.3, 0.4) is 0 Å². The third kappa shape index (κ3) is 4.17. The summed E-state index contributed by atoms with van der Waals surface area (Å²) in [5.74, 6) is 0. The van der Waals surface area contributed by atoms with Crippen LogP contribution in [-0.2, 0) is 0 Å². The highest BCUT2D eigenvalue weighted by Gasteiger charge is 2.15. The number of hydrogen-bond acceptors (Lipinski definition) is 2. The molecule has 0 aliphatic rings. The molecule has 0 aliphatic heterocycles. The van der Waals surface area contributed by atoms with Gasteiger partial charge in [-0.3, -0.25) is 4.98 Å². The van der Waals surface area contributed by atoms with Crippen molar-refractivity contribution in [2.75, 3.05) is 0 Å². The SMILES string of the molecule is Clc1ccc(S[N]c2c(-c3ccccc3)cncc2-c2ccccc2)c(Cl)c1. The van der Waals surface area contributed by atoms with Gasteiger partial charge in [0.15, 0.2) is 0 Å². The second-order valence-electron chi connectivity index (χ2n) is 6.07. The molecule has 0 amide bonds. The van der Waals surface area contributed by atoms with E-state index in [1.54, 1.807) is 6.07 Å². The molecule has 0 atom stereocenters. The van der Waals surface area contributed by atoms with E-state index < -0.39 is 0 Å². The minimum atomic E-state index is 0.581. The van der Waals surface area contributed by atoms with Gasteiger partial charge in [-0.25, -0.2) is 4.72 Å². The van der Waals surface area contributed by atoms with Crippen LogP contribution in [0.15, 0.2) is 96.2 Å². The molecular formula is C23H15Cl2N2S. The lowest BCUT2D eigenvalue weighted by Gasteiger charge is -2.14. The highest BCUT2D eigenvalue weighted by Crippen LogP contribution is 2.40. The quantitative estimate of drug-likeness (QED) is 0.309. The molecule has 0 aliphatic carbocycles. The van der Waals surface area contributed by atoms with E-state index >= 15 is 0 Å². The molecule has 4 aromatic rings. The van der Waals surface area contributed by atoms with E-state index in [2.05, 4.69) is 29.2 Å².